The lowest BCUT2D eigenvalue weighted by molar-refractivity contribution is 0.145. The molecule has 2 heterocycles. The summed E-state index contributed by atoms with van der Waals surface area (Å²) in [5, 5.41) is 27.6. The van der Waals surface area contributed by atoms with Gasteiger partial charge in [0.05, 0.1) is 6.10 Å². The van der Waals surface area contributed by atoms with Crippen molar-refractivity contribution in [2.45, 2.75) is 25.9 Å². The molecule has 0 spiro atoms. The molecular formula is C10H16BN3O3. The summed E-state index contributed by atoms with van der Waals surface area (Å²) in [6.45, 7) is 3.17. The first-order chi connectivity index (χ1) is 8.08. The van der Waals surface area contributed by atoms with Gasteiger partial charge in [0.15, 0.2) is 0 Å². The van der Waals surface area contributed by atoms with Crippen molar-refractivity contribution in [1.29, 1.82) is 0 Å². The van der Waals surface area contributed by atoms with Gasteiger partial charge in [-0.1, -0.05) is 0 Å². The summed E-state index contributed by atoms with van der Waals surface area (Å²) in [5.74, 6) is 0.582. The molecule has 1 aliphatic rings. The van der Waals surface area contributed by atoms with Gasteiger partial charge in [0.25, 0.3) is 0 Å². The highest BCUT2D eigenvalue weighted by Gasteiger charge is 2.21. The van der Waals surface area contributed by atoms with Crippen molar-refractivity contribution in [2.75, 3.05) is 18.0 Å². The summed E-state index contributed by atoms with van der Waals surface area (Å²) in [7, 11) is -1.53. The highest BCUT2D eigenvalue weighted by molar-refractivity contribution is 6.58. The van der Waals surface area contributed by atoms with Crippen LogP contribution in [0.2, 0.25) is 0 Å². The standard InChI is InChI=1S/C10H16BN3O3/c1-7-9(11(16)17)6-12-10(13-7)14-4-2-8(15)3-5-14/h6,8,15-17H,2-5H2,1H3. The molecule has 0 radical (unpaired) electrons. The molecule has 0 atom stereocenters. The van der Waals surface area contributed by atoms with Crippen molar-refractivity contribution in [2.24, 2.45) is 0 Å². The van der Waals surface area contributed by atoms with Crippen molar-refractivity contribution < 1.29 is 15.2 Å². The Morgan fingerprint density at radius 3 is 2.53 bits per heavy atom. The fraction of sp³-hybridized carbons (Fsp3) is 0.600. The van der Waals surface area contributed by atoms with Crippen LogP contribution in [0.3, 0.4) is 0 Å². The molecule has 0 amide bonds. The Bertz CT molecular complexity index is 394. The van der Waals surface area contributed by atoms with Crippen LogP contribution >= 0.6 is 0 Å². The lowest BCUT2D eigenvalue weighted by atomic mass is 9.80. The predicted octanol–water partition coefficient (Wildman–Crippen LogP) is -1.57. The molecule has 1 aliphatic heterocycles. The summed E-state index contributed by atoms with van der Waals surface area (Å²) in [6.07, 6.45) is 2.64. The highest BCUT2D eigenvalue weighted by atomic mass is 16.4. The number of hydrogen-bond acceptors (Lipinski definition) is 6. The summed E-state index contributed by atoms with van der Waals surface area (Å²) in [5.41, 5.74) is 0.891. The van der Waals surface area contributed by atoms with E-state index < -0.39 is 7.12 Å². The number of rotatable bonds is 2. The van der Waals surface area contributed by atoms with Crippen molar-refractivity contribution in [3.05, 3.63) is 11.9 Å². The third-order valence-corrected chi connectivity index (χ3v) is 3.03. The Labute approximate surface area is 100 Å². The molecular weight excluding hydrogens is 221 g/mol. The Hall–Kier alpha value is -1.18. The van der Waals surface area contributed by atoms with Gasteiger partial charge >= 0.3 is 7.12 Å². The number of aliphatic hydroxyl groups excluding tert-OH is 1. The first kappa shape index (κ1) is 12.3. The van der Waals surface area contributed by atoms with E-state index in [4.69, 9.17) is 10.0 Å². The first-order valence-corrected chi connectivity index (χ1v) is 5.70. The largest absolute Gasteiger partial charge is 0.491 e. The van der Waals surface area contributed by atoms with Crippen LogP contribution in [-0.2, 0) is 0 Å². The van der Waals surface area contributed by atoms with Crippen LogP contribution in [0.5, 0.6) is 0 Å². The van der Waals surface area contributed by atoms with E-state index in [1.165, 1.54) is 6.20 Å². The third kappa shape index (κ3) is 2.74. The van der Waals surface area contributed by atoms with E-state index in [1.54, 1.807) is 6.92 Å². The average Bonchev–Trinajstić information content (AvgIpc) is 2.29. The van der Waals surface area contributed by atoms with Crippen LogP contribution in [0.4, 0.5) is 5.95 Å². The Balaban J connectivity index is 2.14. The maximum Gasteiger partial charge on any atom is 0.491 e. The second-order valence-electron chi connectivity index (χ2n) is 4.30. The smallest absolute Gasteiger partial charge is 0.423 e. The molecule has 17 heavy (non-hydrogen) atoms. The van der Waals surface area contributed by atoms with Crippen molar-refractivity contribution >= 4 is 18.5 Å². The lowest BCUT2D eigenvalue weighted by Gasteiger charge is -2.29. The average molecular weight is 237 g/mol. The number of hydrogen-bond donors (Lipinski definition) is 3. The molecule has 2 rings (SSSR count). The third-order valence-electron chi connectivity index (χ3n) is 3.03. The normalized spacial score (nSPS) is 17.3. The molecule has 92 valence electrons. The van der Waals surface area contributed by atoms with Gasteiger partial charge in [-0.3, -0.25) is 0 Å². The molecule has 1 fully saturated rings. The van der Waals surface area contributed by atoms with Gasteiger partial charge in [-0.15, -0.1) is 0 Å². The maximum atomic E-state index is 9.41. The van der Waals surface area contributed by atoms with Crippen LogP contribution in [0.15, 0.2) is 6.20 Å². The van der Waals surface area contributed by atoms with Crippen molar-refractivity contribution in [3.8, 4) is 0 Å². The SMILES string of the molecule is Cc1nc(N2CCC(O)CC2)ncc1B(O)O. The Kier molecular flexibility index (Phi) is 3.61. The van der Waals surface area contributed by atoms with Crippen LogP contribution in [-0.4, -0.2) is 51.4 Å². The molecule has 1 aromatic rings. The first-order valence-electron chi connectivity index (χ1n) is 5.70. The molecule has 0 saturated carbocycles. The monoisotopic (exact) mass is 237 g/mol. The minimum absolute atomic E-state index is 0.231. The van der Waals surface area contributed by atoms with Gasteiger partial charge in [-0.05, 0) is 19.8 Å². The van der Waals surface area contributed by atoms with Gasteiger partial charge < -0.3 is 20.1 Å². The van der Waals surface area contributed by atoms with Gasteiger partial charge in [0.2, 0.25) is 5.95 Å². The molecule has 3 N–H and O–H groups in total. The van der Waals surface area contributed by atoms with E-state index >= 15 is 0 Å². The molecule has 7 heteroatoms. The quantitative estimate of drug-likeness (QED) is 0.538. The van der Waals surface area contributed by atoms with Gasteiger partial charge in [0.1, 0.15) is 0 Å². The fourth-order valence-electron chi connectivity index (χ4n) is 1.94. The number of aryl methyl sites for hydroxylation is 1. The lowest BCUT2D eigenvalue weighted by Crippen LogP contribution is -2.39. The van der Waals surface area contributed by atoms with Crippen LogP contribution < -0.4 is 10.4 Å². The van der Waals surface area contributed by atoms with E-state index in [9.17, 15) is 5.11 Å². The summed E-state index contributed by atoms with van der Waals surface area (Å²) in [4.78, 5) is 10.4. The second kappa shape index (κ2) is 4.99. The molecule has 1 aromatic heterocycles. The zero-order chi connectivity index (χ0) is 12.4. The van der Waals surface area contributed by atoms with Crippen LogP contribution in [0.25, 0.3) is 0 Å². The summed E-state index contributed by atoms with van der Waals surface area (Å²) in [6, 6.07) is 0. The predicted molar refractivity (Wildman–Crippen MR) is 64.0 cm³/mol. The van der Waals surface area contributed by atoms with Gasteiger partial charge in [0, 0.05) is 30.4 Å². The van der Waals surface area contributed by atoms with E-state index in [0.717, 1.165) is 13.1 Å². The molecule has 0 bridgehead atoms. The van der Waals surface area contributed by atoms with E-state index in [-0.39, 0.29) is 6.10 Å². The van der Waals surface area contributed by atoms with E-state index in [0.29, 0.717) is 29.9 Å². The molecule has 6 nitrogen and oxygen atoms in total. The number of piperidine rings is 1. The molecule has 0 unspecified atom stereocenters. The second-order valence-corrected chi connectivity index (χ2v) is 4.30. The molecule has 1 saturated heterocycles. The molecule has 0 aliphatic carbocycles. The number of anilines is 1. The van der Waals surface area contributed by atoms with Crippen LogP contribution in [0.1, 0.15) is 18.5 Å². The fourth-order valence-corrected chi connectivity index (χ4v) is 1.94. The Morgan fingerprint density at radius 1 is 1.35 bits per heavy atom. The topological polar surface area (TPSA) is 89.7 Å². The molecule has 0 aromatic carbocycles. The van der Waals surface area contributed by atoms with Gasteiger partial charge in [-0.2, -0.15) is 0 Å². The maximum absolute atomic E-state index is 9.41. The number of nitrogens with zero attached hydrogens (tertiary/aromatic N) is 3. The zero-order valence-corrected chi connectivity index (χ0v) is 9.74. The summed E-state index contributed by atoms with van der Waals surface area (Å²) < 4.78 is 0. The van der Waals surface area contributed by atoms with Crippen molar-refractivity contribution in [3.63, 3.8) is 0 Å². The zero-order valence-electron chi connectivity index (χ0n) is 9.74. The van der Waals surface area contributed by atoms with E-state index in [1.807, 2.05) is 4.90 Å². The highest BCUT2D eigenvalue weighted by Crippen LogP contribution is 2.15. The number of aliphatic hydroxyl groups is 1. The Morgan fingerprint density at radius 2 is 2.00 bits per heavy atom. The van der Waals surface area contributed by atoms with Crippen LogP contribution in [0, 0.1) is 6.92 Å². The van der Waals surface area contributed by atoms with Gasteiger partial charge in [-0.25, -0.2) is 9.97 Å². The number of aromatic nitrogens is 2. The summed E-state index contributed by atoms with van der Waals surface area (Å²) >= 11 is 0. The van der Waals surface area contributed by atoms with E-state index in [2.05, 4.69) is 9.97 Å². The minimum Gasteiger partial charge on any atom is -0.423 e. The minimum atomic E-state index is -1.53. The van der Waals surface area contributed by atoms with Crippen molar-refractivity contribution in [1.82, 2.24) is 9.97 Å².